The van der Waals surface area contributed by atoms with Gasteiger partial charge in [0.15, 0.2) is 0 Å². The number of thioether (sulfide) groups is 1. The molecule has 0 spiro atoms. The van der Waals surface area contributed by atoms with Crippen LogP contribution in [0.1, 0.15) is 46.0 Å². The Hall–Kier alpha value is -0.630. The van der Waals surface area contributed by atoms with E-state index in [0.717, 1.165) is 25.7 Å². The minimum absolute atomic E-state index is 0.0326. The lowest BCUT2D eigenvalue weighted by molar-refractivity contribution is -0.143. The van der Waals surface area contributed by atoms with Gasteiger partial charge in [-0.1, -0.05) is 0 Å². The number of amides is 2. The number of aliphatic hydroxyl groups is 1. The van der Waals surface area contributed by atoms with Gasteiger partial charge in [-0.05, 0) is 39.5 Å². The van der Waals surface area contributed by atoms with Crippen molar-refractivity contribution in [1.82, 2.24) is 10.2 Å². The Morgan fingerprint density at radius 3 is 2.87 bits per heavy atom. The van der Waals surface area contributed by atoms with Crippen LogP contribution >= 0.6 is 11.8 Å². The van der Waals surface area contributed by atoms with Crippen LogP contribution in [-0.2, 0) is 14.3 Å². The first kappa shape index (κ1) is 18.7. The summed E-state index contributed by atoms with van der Waals surface area (Å²) in [5.74, 6) is 0.338. The number of ether oxygens (including phenoxy) is 1. The molecular formula is C16H28N2O4S. The Labute approximate surface area is 142 Å². The Kier molecular flexibility index (Phi) is 7.33. The number of imide groups is 1. The van der Waals surface area contributed by atoms with Crippen molar-refractivity contribution in [1.29, 1.82) is 0 Å². The first-order valence-corrected chi connectivity index (χ1v) is 9.51. The van der Waals surface area contributed by atoms with E-state index in [1.54, 1.807) is 0 Å². The molecule has 3 atom stereocenters. The zero-order valence-electron chi connectivity index (χ0n) is 14.0. The van der Waals surface area contributed by atoms with Crippen LogP contribution in [-0.4, -0.2) is 64.3 Å². The van der Waals surface area contributed by atoms with Crippen molar-refractivity contribution in [3.05, 3.63) is 0 Å². The van der Waals surface area contributed by atoms with Crippen LogP contribution in [0.2, 0.25) is 0 Å². The van der Waals surface area contributed by atoms with Crippen molar-refractivity contribution in [2.24, 2.45) is 0 Å². The molecule has 3 unspecified atom stereocenters. The van der Waals surface area contributed by atoms with Crippen LogP contribution in [0.3, 0.4) is 0 Å². The number of carbonyl (C=O) groups excluding carboxylic acids is 2. The number of nitrogens with zero attached hydrogens (tertiary/aromatic N) is 1. The summed E-state index contributed by atoms with van der Waals surface area (Å²) in [6.07, 6.45) is 3.92. The second kappa shape index (κ2) is 9.01. The van der Waals surface area contributed by atoms with Gasteiger partial charge in [0.2, 0.25) is 11.8 Å². The lowest BCUT2D eigenvalue weighted by Crippen LogP contribution is -2.45. The third-order valence-corrected chi connectivity index (χ3v) is 5.52. The molecule has 2 N–H and O–H groups in total. The van der Waals surface area contributed by atoms with Crippen molar-refractivity contribution in [3.8, 4) is 0 Å². The third-order valence-electron chi connectivity index (χ3n) is 4.33. The van der Waals surface area contributed by atoms with E-state index in [9.17, 15) is 9.59 Å². The summed E-state index contributed by atoms with van der Waals surface area (Å²) in [5, 5.41) is 11.8. The third kappa shape index (κ3) is 5.17. The minimum atomic E-state index is -0.321. The number of likely N-dealkylation sites (tertiary alicyclic amines) is 1. The Balaban J connectivity index is 1.87. The SMILES string of the molecule is CC(C)NCOC1CCCC(N2C(=O)CC(SCCO)C2=O)C1. The van der Waals surface area contributed by atoms with Crippen LogP contribution in [0.4, 0.5) is 0 Å². The average molecular weight is 344 g/mol. The number of hydrogen-bond donors (Lipinski definition) is 2. The van der Waals surface area contributed by atoms with E-state index < -0.39 is 0 Å². The molecule has 1 heterocycles. The molecule has 7 heteroatoms. The van der Waals surface area contributed by atoms with Crippen molar-refractivity contribution < 1.29 is 19.4 Å². The van der Waals surface area contributed by atoms with E-state index in [1.165, 1.54) is 16.7 Å². The highest BCUT2D eigenvalue weighted by Crippen LogP contribution is 2.32. The molecule has 1 aliphatic heterocycles. The molecule has 6 nitrogen and oxygen atoms in total. The molecule has 0 aromatic heterocycles. The van der Waals surface area contributed by atoms with Crippen molar-refractivity contribution in [2.75, 3.05) is 19.1 Å². The highest BCUT2D eigenvalue weighted by Gasteiger charge is 2.43. The molecule has 1 aliphatic carbocycles. The van der Waals surface area contributed by atoms with E-state index in [1.807, 2.05) is 0 Å². The van der Waals surface area contributed by atoms with Gasteiger partial charge in [-0.2, -0.15) is 0 Å². The molecule has 0 radical (unpaired) electrons. The predicted molar refractivity (Wildman–Crippen MR) is 90.1 cm³/mol. The highest BCUT2D eigenvalue weighted by molar-refractivity contribution is 8.00. The first-order chi connectivity index (χ1) is 11.0. The molecule has 132 valence electrons. The van der Waals surface area contributed by atoms with Gasteiger partial charge in [-0.25, -0.2) is 0 Å². The lowest BCUT2D eigenvalue weighted by atomic mass is 9.92. The van der Waals surface area contributed by atoms with E-state index in [0.29, 0.717) is 18.5 Å². The number of hydrogen-bond acceptors (Lipinski definition) is 6. The zero-order valence-corrected chi connectivity index (χ0v) is 14.8. The maximum atomic E-state index is 12.5. The molecular weight excluding hydrogens is 316 g/mol. The quantitative estimate of drug-likeness (QED) is 0.507. The molecule has 0 aromatic rings. The van der Waals surface area contributed by atoms with Gasteiger partial charge in [0, 0.05) is 24.3 Å². The fraction of sp³-hybridized carbons (Fsp3) is 0.875. The largest absolute Gasteiger partial charge is 0.396 e. The summed E-state index contributed by atoms with van der Waals surface area (Å²) in [6, 6.07) is 0.341. The Morgan fingerprint density at radius 2 is 2.17 bits per heavy atom. The van der Waals surface area contributed by atoms with E-state index >= 15 is 0 Å². The second-order valence-corrected chi connectivity index (χ2v) is 7.81. The zero-order chi connectivity index (χ0) is 16.8. The number of rotatable bonds is 8. The topological polar surface area (TPSA) is 78.9 Å². The minimum Gasteiger partial charge on any atom is -0.396 e. The van der Waals surface area contributed by atoms with Crippen molar-refractivity contribution >= 4 is 23.6 Å². The maximum Gasteiger partial charge on any atom is 0.243 e. The van der Waals surface area contributed by atoms with E-state index in [4.69, 9.17) is 9.84 Å². The van der Waals surface area contributed by atoms with Gasteiger partial charge >= 0.3 is 0 Å². The summed E-state index contributed by atoms with van der Waals surface area (Å²) >= 11 is 1.38. The van der Waals surface area contributed by atoms with E-state index in [-0.39, 0.29) is 42.2 Å². The standard InChI is InChI=1S/C16H28N2O4S/c1-11(2)17-10-22-13-5-3-4-12(8-13)18-15(20)9-14(16(18)21)23-7-6-19/h11-14,17,19H,3-10H2,1-2H3. The molecule has 0 aromatic carbocycles. The molecule has 1 saturated heterocycles. The highest BCUT2D eigenvalue weighted by atomic mass is 32.2. The van der Waals surface area contributed by atoms with Crippen LogP contribution < -0.4 is 5.32 Å². The fourth-order valence-electron chi connectivity index (χ4n) is 3.17. The molecule has 23 heavy (non-hydrogen) atoms. The van der Waals surface area contributed by atoms with Crippen LogP contribution in [0, 0.1) is 0 Å². The van der Waals surface area contributed by atoms with Crippen molar-refractivity contribution in [2.45, 2.75) is 69.4 Å². The van der Waals surface area contributed by atoms with Gasteiger partial charge in [0.25, 0.3) is 0 Å². The lowest BCUT2D eigenvalue weighted by Gasteiger charge is -2.34. The first-order valence-electron chi connectivity index (χ1n) is 8.46. The predicted octanol–water partition coefficient (Wildman–Crippen LogP) is 1.12. The molecule has 2 rings (SSSR count). The molecule has 1 saturated carbocycles. The van der Waals surface area contributed by atoms with Crippen LogP contribution in [0.5, 0.6) is 0 Å². The summed E-state index contributed by atoms with van der Waals surface area (Å²) in [5.41, 5.74) is 0. The molecule has 2 aliphatic rings. The summed E-state index contributed by atoms with van der Waals surface area (Å²) in [6.45, 7) is 4.67. The van der Waals surface area contributed by atoms with Gasteiger partial charge < -0.3 is 9.84 Å². The fourth-order valence-corrected chi connectivity index (χ4v) is 4.08. The molecule has 2 amide bonds. The van der Waals surface area contributed by atoms with E-state index in [2.05, 4.69) is 19.2 Å². The summed E-state index contributed by atoms with van der Waals surface area (Å²) < 4.78 is 5.85. The smallest absolute Gasteiger partial charge is 0.243 e. The number of nitrogens with one attached hydrogen (secondary N) is 1. The molecule has 0 bridgehead atoms. The summed E-state index contributed by atoms with van der Waals surface area (Å²) in [4.78, 5) is 26.2. The Bertz CT molecular complexity index is 419. The number of carbonyl (C=O) groups is 2. The second-order valence-electron chi connectivity index (χ2n) is 6.50. The monoisotopic (exact) mass is 344 g/mol. The summed E-state index contributed by atoms with van der Waals surface area (Å²) in [7, 11) is 0. The number of aliphatic hydroxyl groups excluding tert-OH is 1. The van der Waals surface area contributed by atoms with Crippen LogP contribution in [0.15, 0.2) is 0 Å². The normalized spacial score (nSPS) is 28.9. The van der Waals surface area contributed by atoms with Crippen LogP contribution in [0.25, 0.3) is 0 Å². The van der Waals surface area contributed by atoms with Gasteiger partial charge in [0.05, 0.1) is 24.7 Å². The van der Waals surface area contributed by atoms with Gasteiger partial charge in [-0.3, -0.25) is 19.8 Å². The average Bonchev–Trinajstić information content (AvgIpc) is 2.79. The van der Waals surface area contributed by atoms with Gasteiger partial charge in [-0.15, -0.1) is 11.8 Å². The molecule has 2 fully saturated rings. The maximum absolute atomic E-state index is 12.5. The van der Waals surface area contributed by atoms with Crippen molar-refractivity contribution in [3.63, 3.8) is 0 Å². The Morgan fingerprint density at radius 1 is 1.39 bits per heavy atom. The van der Waals surface area contributed by atoms with Gasteiger partial charge in [0.1, 0.15) is 0 Å².